The average molecular weight is 669 g/mol. The maximum atomic E-state index is 6.87. The number of hydrogen-bond donors (Lipinski definition) is 0. The van der Waals surface area contributed by atoms with Crippen molar-refractivity contribution in [1.29, 1.82) is 0 Å². The summed E-state index contributed by atoms with van der Waals surface area (Å²) in [7, 11) is 0. The van der Waals surface area contributed by atoms with E-state index < -0.39 is 5.41 Å². The third-order valence-corrected chi connectivity index (χ3v) is 10.9. The van der Waals surface area contributed by atoms with Crippen molar-refractivity contribution in [2.45, 2.75) is 31.6 Å². The number of benzene rings is 7. The van der Waals surface area contributed by atoms with Crippen LogP contribution in [0.15, 0.2) is 164 Å². The molecule has 0 bridgehead atoms. The summed E-state index contributed by atoms with van der Waals surface area (Å²) >= 11 is 0. The summed E-state index contributed by atoms with van der Waals surface area (Å²) in [4.78, 5) is 10.6. The van der Waals surface area contributed by atoms with Crippen LogP contribution in [-0.2, 0) is 10.8 Å². The van der Waals surface area contributed by atoms with E-state index in [4.69, 9.17) is 14.7 Å². The number of nitrogens with zero attached hydrogens (tertiary/aromatic N) is 2. The van der Waals surface area contributed by atoms with Crippen molar-refractivity contribution in [2.24, 2.45) is 0 Å². The first kappa shape index (κ1) is 30.5. The third kappa shape index (κ3) is 4.52. The molecule has 52 heavy (non-hydrogen) atoms. The highest BCUT2D eigenvalue weighted by Gasteiger charge is 2.50. The molecule has 1 aromatic heterocycles. The van der Waals surface area contributed by atoms with Gasteiger partial charge in [-0.2, -0.15) is 0 Å². The van der Waals surface area contributed by atoms with Gasteiger partial charge in [0, 0.05) is 27.6 Å². The predicted octanol–water partition coefficient (Wildman–Crippen LogP) is 12.4. The van der Waals surface area contributed by atoms with Crippen LogP contribution >= 0.6 is 0 Å². The Kier molecular flexibility index (Phi) is 6.65. The van der Waals surface area contributed by atoms with Gasteiger partial charge in [-0.15, -0.1) is 0 Å². The molecular weight excluding hydrogens is 633 g/mol. The van der Waals surface area contributed by atoms with Crippen LogP contribution in [0, 0.1) is 0 Å². The largest absolute Gasteiger partial charge is 0.457 e. The van der Waals surface area contributed by atoms with Gasteiger partial charge in [0.2, 0.25) is 0 Å². The summed E-state index contributed by atoms with van der Waals surface area (Å²) in [6.45, 7) is 6.72. The van der Waals surface area contributed by atoms with Gasteiger partial charge < -0.3 is 4.74 Å². The van der Waals surface area contributed by atoms with Crippen molar-refractivity contribution in [1.82, 2.24) is 9.97 Å². The van der Waals surface area contributed by atoms with Crippen molar-refractivity contribution in [3.8, 4) is 56.4 Å². The van der Waals surface area contributed by atoms with Crippen LogP contribution in [0.25, 0.3) is 55.8 Å². The summed E-state index contributed by atoms with van der Waals surface area (Å²) in [6.07, 6.45) is 0. The quantitative estimate of drug-likeness (QED) is 0.188. The predicted molar refractivity (Wildman–Crippen MR) is 212 cm³/mol. The maximum Gasteiger partial charge on any atom is 0.160 e. The first-order valence-corrected chi connectivity index (χ1v) is 18.0. The Labute approximate surface area is 304 Å². The van der Waals surface area contributed by atoms with E-state index in [0.717, 1.165) is 61.5 Å². The van der Waals surface area contributed by atoms with Crippen LogP contribution in [0.1, 0.15) is 48.6 Å². The second-order valence-electron chi connectivity index (χ2n) is 15.0. The standard InChI is InChI=1S/C49H36N2O/c1-48(2,3)35-17-13-16-34(28-35)47-50-43-29-32(31-14-5-4-6-15-31)24-26-38(43)46(51-47)33-25-27-42-45(30-33)52-44-23-12-11-22-41(44)49(42)39-20-9-7-18-36(39)37-19-8-10-21-40(37)49/h4-30H,1-3H3. The summed E-state index contributed by atoms with van der Waals surface area (Å²) in [5, 5.41) is 0.998. The Hall–Kier alpha value is -6.32. The van der Waals surface area contributed by atoms with E-state index in [1.807, 2.05) is 0 Å². The lowest BCUT2D eigenvalue weighted by Gasteiger charge is -2.39. The Morgan fingerprint density at radius 2 is 1.10 bits per heavy atom. The molecule has 0 unspecified atom stereocenters. The van der Waals surface area contributed by atoms with Crippen molar-refractivity contribution >= 4 is 10.9 Å². The zero-order chi connectivity index (χ0) is 35.0. The molecular formula is C49H36N2O. The van der Waals surface area contributed by atoms with Crippen molar-refractivity contribution in [2.75, 3.05) is 0 Å². The van der Waals surface area contributed by atoms with Crippen molar-refractivity contribution in [3.63, 3.8) is 0 Å². The van der Waals surface area contributed by atoms with E-state index in [9.17, 15) is 0 Å². The number of rotatable bonds is 3. The lowest BCUT2D eigenvalue weighted by molar-refractivity contribution is 0.436. The minimum atomic E-state index is -0.507. The molecule has 2 heterocycles. The fraction of sp³-hybridized carbons (Fsp3) is 0.102. The number of ether oxygens (including phenoxy) is 1. The lowest BCUT2D eigenvalue weighted by atomic mass is 9.66. The zero-order valence-corrected chi connectivity index (χ0v) is 29.4. The van der Waals surface area contributed by atoms with Gasteiger partial charge >= 0.3 is 0 Å². The van der Waals surface area contributed by atoms with Crippen LogP contribution in [-0.4, -0.2) is 9.97 Å². The van der Waals surface area contributed by atoms with Crippen LogP contribution in [0.4, 0.5) is 0 Å². The summed E-state index contributed by atoms with van der Waals surface area (Å²) in [5.74, 6) is 2.42. The molecule has 1 spiro atoms. The van der Waals surface area contributed by atoms with Crippen LogP contribution in [0.2, 0.25) is 0 Å². The van der Waals surface area contributed by atoms with Gasteiger partial charge in [0.05, 0.1) is 16.6 Å². The molecule has 1 aliphatic heterocycles. The number of fused-ring (bicyclic) bond motifs is 10. The highest BCUT2D eigenvalue weighted by molar-refractivity contribution is 5.97. The first-order chi connectivity index (χ1) is 25.4. The van der Waals surface area contributed by atoms with E-state index in [-0.39, 0.29) is 5.41 Å². The SMILES string of the molecule is CC(C)(C)c1cccc(-c2nc(-c3ccc4c(c3)Oc3ccccc3C43c4ccccc4-c4ccccc43)c3ccc(-c4ccccc4)cc3n2)c1. The normalized spacial score (nSPS) is 13.6. The van der Waals surface area contributed by atoms with Gasteiger partial charge in [-0.25, -0.2) is 9.97 Å². The molecule has 0 atom stereocenters. The molecule has 0 N–H and O–H groups in total. The molecule has 0 fully saturated rings. The Bertz CT molecular complexity index is 2660. The molecule has 1 aliphatic carbocycles. The minimum Gasteiger partial charge on any atom is -0.457 e. The smallest absolute Gasteiger partial charge is 0.160 e. The minimum absolute atomic E-state index is 0.00424. The fourth-order valence-corrected chi connectivity index (χ4v) is 8.42. The average Bonchev–Trinajstić information content (AvgIpc) is 3.48. The topological polar surface area (TPSA) is 35.0 Å². The second kappa shape index (κ2) is 11.3. The Morgan fingerprint density at radius 1 is 0.462 bits per heavy atom. The molecule has 3 heteroatoms. The molecule has 0 saturated carbocycles. The van der Waals surface area contributed by atoms with Gasteiger partial charge in [-0.05, 0) is 74.7 Å². The monoisotopic (exact) mass is 668 g/mol. The van der Waals surface area contributed by atoms with Gasteiger partial charge in [0.25, 0.3) is 0 Å². The molecule has 0 amide bonds. The highest BCUT2D eigenvalue weighted by Crippen LogP contribution is 2.62. The van der Waals surface area contributed by atoms with E-state index in [2.05, 4.69) is 185 Å². The second-order valence-corrected chi connectivity index (χ2v) is 15.0. The summed E-state index contributed by atoms with van der Waals surface area (Å²) < 4.78 is 6.87. The zero-order valence-electron chi connectivity index (χ0n) is 29.4. The van der Waals surface area contributed by atoms with E-state index in [1.54, 1.807) is 0 Å². The molecule has 3 nitrogen and oxygen atoms in total. The first-order valence-electron chi connectivity index (χ1n) is 18.0. The molecule has 7 aromatic carbocycles. The summed E-state index contributed by atoms with van der Waals surface area (Å²) in [6, 6.07) is 58.6. The van der Waals surface area contributed by atoms with Gasteiger partial charge in [-0.3, -0.25) is 0 Å². The van der Waals surface area contributed by atoms with Crippen molar-refractivity contribution in [3.05, 3.63) is 192 Å². The van der Waals surface area contributed by atoms with Crippen LogP contribution in [0.3, 0.4) is 0 Å². The van der Waals surface area contributed by atoms with E-state index >= 15 is 0 Å². The van der Waals surface area contributed by atoms with Gasteiger partial charge in [0.15, 0.2) is 5.82 Å². The fourth-order valence-electron chi connectivity index (χ4n) is 8.42. The van der Waals surface area contributed by atoms with Gasteiger partial charge in [-0.1, -0.05) is 154 Å². The van der Waals surface area contributed by atoms with E-state index in [0.29, 0.717) is 5.82 Å². The van der Waals surface area contributed by atoms with E-state index in [1.165, 1.54) is 27.8 Å². The number of para-hydroxylation sites is 1. The molecule has 0 radical (unpaired) electrons. The molecule has 248 valence electrons. The molecule has 0 saturated heterocycles. The molecule has 10 rings (SSSR count). The van der Waals surface area contributed by atoms with Gasteiger partial charge in [0.1, 0.15) is 11.5 Å². The third-order valence-electron chi connectivity index (χ3n) is 10.9. The molecule has 2 aliphatic rings. The van der Waals surface area contributed by atoms with Crippen molar-refractivity contribution < 1.29 is 4.74 Å². The van der Waals surface area contributed by atoms with Crippen LogP contribution < -0.4 is 4.74 Å². The number of aromatic nitrogens is 2. The maximum absolute atomic E-state index is 6.87. The summed E-state index contributed by atoms with van der Waals surface area (Å²) in [5.41, 5.74) is 14.2. The number of hydrogen-bond acceptors (Lipinski definition) is 3. The molecule has 8 aromatic rings. The Morgan fingerprint density at radius 3 is 1.85 bits per heavy atom. The lowest BCUT2D eigenvalue weighted by Crippen LogP contribution is -2.32. The van der Waals surface area contributed by atoms with Crippen LogP contribution in [0.5, 0.6) is 11.5 Å². The Balaban J connectivity index is 1.21. The highest BCUT2D eigenvalue weighted by atomic mass is 16.5.